The van der Waals surface area contributed by atoms with Gasteiger partial charge >= 0.3 is 0 Å². The van der Waals surface area contributed by atoms with E-state index in [1.807, 2.05) is 24.3 Å². The first-order valence-corrected chi connectivity index (χ1v) is 37.6. The molecule has 0 saturated heterocycles. The molecule has 0 amide bonds. The van der Waals surface area contributed by atoms with Gasteiger partial charge in [-0.3, -0.25) is 0 Å². The third-order valence-electron chi connectivity index (χ3n) is 30.6. The largest absolute Gasteiger partial charge is 0.305 e. The summed E-state index contributed by atoms with van der Waals surface area (Å²) < 4.78 is 0. The predicted octanol–water partition coefficient (Wildman–Crippen LogP) is 22.6. The van der Waals surface area contributed by atoms with Gasteiger partial charge in [-0.25, -0.2) is 0 Å². The Labute approximate surface area is 586 Å². The molecule has 0 unspecified atom stereocenters. The van der Waals surface area contributed by atoms with Gasteiger partial charge in [0.05, 0.1) is 0 Å². The maximum atomic E-state index is 4.84. The van der Waals surface area contributed by atoms with Crippen molar-refractivity contribution in [3.05, 3.63) is 252 Å². The molecule has 2 aromatic heterocycles. The molecule has 96 heavy (non-hydrogen) atoms. The van der Waals surface area contributed by atoms with Crippen molar-refractivity contribution in [1.29, 1.82) is 0 Å². The molecule has 26 rings (SSSR count). The molecule has 17 aliphatic carbocycles. The Morgan fingerprint density at radius 2 is 0.667 bits per heavy atom. The summed E-state index contributed by atoms with van der Waals surface area (Å²) >= 11 is 0. The standard InChI is InChI=1S/C78H78N.C15H16N.Ir/c1-73-28-31-74(32-29-73,33-30-73)55-19-11-50(12-20-55)48-7-9-49(10-8-48)51-13-21-56(22-14-51)75-36-60-63-39-76(40-64(60)62(38-75)65(41-76)61(63)37-75)57-23-15-52(16-24-57)53-17-25-58(26-18-53)77-42-66-69-45-78(46-70(66)68(44-77)71(47-78)67(69)43-77)59-27-34-79-72(35-59)54-5-3-2-4-6-54;1-15(2,3)13-9-7-12(8-10-13)14-6-4-5-11-16-14;/h2-5,7-27,34-35,60-71H,28-33,36-47H2,1H3;4-7,9-11H,1-3H3;/q2*-1;. The Kier molecular flexibility index (Phi) is 13.9. The smallest absolute Gasteiger partial charge is 0.0163 e. The number of pyridine rings is 2. The van der Waals surface area contributed by atoms with Crippen molar-refractivity contribution in [2.24, 2.45) is 76.4 Å². The van der Waals surface area contributed by atoms with Crippen molar-refractivity contribution >= 4 is 0 Å². The number of nitrogens with zero attached hydrogens (tertiary/aromatic N) is 2. The molecule has 1 radical (unpaired) electrons. The summed E-state index contributed by atoms with van der Waals surface area (Å²) in [5, 5.41) is 0. The second-order valence-electron chi connectivity index (χ2n) is 35.7. The van der Waals surface area contributed by atoms with E-state index in [0.717, 1.165) is 93.5 Å². The molecule has 0 aliphatic heterocycles. The van der Waals surface area contributed by atoms with Crippen LogP contribution in [0.4, 0.5) is 0 Å². The summed E-state index contributed by atoms with van der Waals surface area (Å²) in [6.07, 6.45) is 29.4. The van der Waals surface area contributed by atoms with Crippen LogP contribution in [-0.2, 0) is 52.6 Å². The Morgan fingerprint density at radius 1 is 0.323 bits per heavy atom. The maximum Gasteiger partial charge on any atom is 0.0163 e. The summed E-state index contributed by atoms with van der Waals surface area (Å²) in [5.74, 6) is 11.1. The van der Waals surface area contributed by atoms with Gasteiger partial charge in [0.1, 0.15) is 0 Å². The number of hydrogen-bond acceptors (Lipinski definition) is 2. The summed E-state index contributed by atoms with van der Waals surface area (Å²) in [6, 6.07) is 81.9. The topological polar surface area (TPSA) is 25.8 Å². The van der Waals surface area contributed by atoms with Crippen molar-refractivity contribution in [3.63, 3.8) is 0 Å². The quantitative estimate of drug-likeness (QED) is 0.128. The van der Waals surface area contributed by atoms with Crippen molar-refractivity contribution in [3.8, 4) is 55.9 Å². The van der Waals surface area contributed by atoms with E-state index in [1.165, 1.54) is 155 Å². The van der Waals surface area contributed by atoms with Gasteiger partial charge in [0.15, 0.2) is 0 Å². The summed E-state index contributed by atoms with van der Waals surface area (Å²) in [4.78, 5) is 9.15. The fourth-order valence-corrected chi connectivity index (χ4v) is 26.0. The number of hydrogen-bond donors (Lipinski definition) is 0. The molecule has 17 saturated carbocycles. The molecule has 9 aromatic rings. The number of rotatable bonds is 10. The van der Waals surface area contributed by atoms with Gasteiger partial charge in [-0.15, -0.1) is 71.3 Å². The molecular formula is C93H94IrN2-2. The molecule has 3 heteroatoms. The Hall–Kier alpha value is -6.51. The van der Waals surface area contributed by atoms with E-state index < -0.39 is 0 Å². The normalized spacial score (nSPS) is 36.8. The number of fused-ring (bicyclic) bond motifs is 3. The van der Waals surface area contributed by atoms with Crippen LogP contribution in [0.15, 0.2) is 207 Å². The molecule has 17 fully saturated rings. The van der Waals surface area contributed by atoms with Crippen LogP contribution in [-0.4, -0.2) is 9.97 Å². The molecule has 0 atom stereocenters. The van der Waals surface area contributed by atoms with Gasteiger partial charge in [0.2, 0.25) is 0 Å². The van der Waals surface area contributed by atoms with E-state index in [9.17, 15) is 0 Å². The van der Waals surface area contributed by atoms with Crippen LogP contribution in [0, 0.1) is 88.6 Å². The van der Waals surface area contributed by atoms with Crippen molar-refractivity contribution < 1.29 is 20.1 Å². The first-order valence-electron chi connectivity index (χ1n) is 37.6. The van der Waals surface area contributed by atoms with Gasteiger partial charge in [-0.05, 0) is 309 Å². The van der Waals surface area contributed by atoms with Crippen molar-refractivity contribution in [2.45, 2.75) is 176 Å². The molecule has 7 aromatic carbocycles. The number of aromatic nitrogens is 2. The van der Waals surface area contributed by atoms with Gasteiger partial charge in [-0.1, -0.05) is 167 Å². The first-order chi connectivity index (χ1) is 46.2. The molecule has 17 aliphatic rings. The maximum absolute atomic E-state index is 4.84. The van der Waals surface area contributed by atoms with Crippen LogP contribution in [0.2, 0.25) is 0 Å². The zero-order valence-electron chi connectivity index (χ0n) is 57.0. The Balaban J connectivity index is 0.000000337. The average molecular weight is 1430 g/mol. The van der Waals surface area contributed by atoms with Crippen LogP contribution in [0.5, 0.6) is 0 Å². The second kappa shape index (κ2) is 22.0. The summed E-state index contributed by atoms with van der Waals surface area (Å²) in [5.41, 5.74) is 24.7. The Morgan fingerprint density at radius 3 is 1.00 bits per heavy atom. The van der Waals surface area contributed by atoms with Crippen molar-refractivity contribution in [1.82, 2.24) is 9.97 Å². The van der Waals surface area contributed by atoms with E-state index in [1.54, 1.807) is 34.0 Å². The molecule has 487 valence electrons. The van der Waals surface area contributed by atoms with Gasteiger partial charge in [0, 0.05) is 32.5 Å². The fourth-order valence-electron chi connectivity index (χ4n) is 26.0. The molecule has 2 nitrogen and oxygen atoms in total. The van der Waals surface area contributed by atoms with Crippen LogP contribution in [0.25, 0.3) is 55.9 Å². The van der Waals surface area contributed by atoms with Gasteiger partial charge in [-0.2, -0.15) is 0 Å². The average Bonchev–Trinajstić information content (AvgIpc) is 0.673. The van der Waals surface area contributed by atoms with E-state index in [4.69, 9.17) is 4.98 Å². The van der Waals surface area contributed by atoms with Crippen LogP contribution < -0.4 is 0 Å². The van der Waals surface area contributed by atoms with Gasteiger partial charge in [0.25, 0.3) is 0 Å². The molecule has 18 bridgehead atoms. The van der Waals surface area contributed by atoms with E-state index in [0.29, 0.717) is 32.5 Å². The third-order valence-corrected chi connectivity index (χ3v) is 30.6. The zero-order chi connectivity index (χ0) is 63.3. The van der Waals surface area contributed by atoms with E-state index in [-0.39, 0.29) is 25.5 Å². The molecule has 0 spiro atoms. The summed E-state index contributed by atoms with van der Waals surface area (Å²) in [7, 11) is 0. The molecule has 2 heterocycles. The predicted molar refractivity (Wildman–Crippen MR) is 386 cm³/mol. The third kappa shape index (κ3) is 9.36. The molecular weight excluding hydrogens is 1340 g/mol. The SMILES string of the molecule is CC(C)(C)c1c[c-]c(-c2ccccn2)cc1.CC12CCC(c3ccc(-c4ccc(-c5ccc(C67CC8C9CC%10(c%11ccc(-c%12ccc(C%13%14CC%15C%16CC%17(c%18ccnc(-c%19[c-]cccc%19)c%18)CC%15C(C%13)C(C%17)C%16C%14)cc%12)cc%11)CC8C(C6)C(C%10)C9C7)cc5)cc4)cc3)(CC1)CC2.[Ir]. The van der Waals surface area contributed by atoms with Crippen molar-refractivity contribution in [2.75, 3.05) is 0 Å². The summed E-state index contributed by atoms with van der Waals surface area (Å²) in [6.45, 7) is 9.14. The minimum Gasteiger partial charge on any atom is -0.305 e. The minimum atomic E-state index is 0. The van der Waals surface area contributed by atoms with Crippen LogP contribution in [0.1, 0.15) is 177 Å². The van der Waals surface area contributed by atoms with E-state index >= 15 is 0 Å². The number of benzene rings is 7. The van der Waals surface area contributed by atoms with Crippen LogP contribution in [0.3, 0.4) is 0 Å². The molecule has 0 N–H and O–H groups in total. The first kappa shape index (κ1) is 60.6. The van der Waals surface area contributed by atoms with E-state index in [2.05, 4.69) is 221 Å². The monoisotopic (exact) mass is 1430 g/mol. The van der Waals surface area contributed by atoms with Gasteiger partial charge < -0.3 is 9.97 Å². The minimum absolute atomic E-state index is 0. The fraction of sp³-hybridized carbons (Fsp3) is 0.441. The Bertz CT molecular complexity index is 4230. The second-order valence-corrected chi connectivity index (χ2v) is 35.7. The van der Waals surface area contributed by atoms with Crippen LogP contribution >= 0.6 is 0 Å². The zero-order valence-corrected chi connectivity index (χ0v) is 59.4.